The first-order valence-corrected chi connectivity index (χ1v) is 18.0. The van der Waals surface area contributed by atoms with Crippen molar-refractivity contribution < 1.29 is 14.3 Å². The summed E-state index contributed by atoms with van der Waals surface area (Å²) in [6.07, 6.45) is 12.3. The van der Waals surface area contributed by atoms with Crippen molar-refractivity contribution in [2.45, 2.75) is 68.8 Å². The molecule has 0 saturated carbocycles. The Kier molecular flexibility index (Phi) is 10.2. The Bertz CT molecular complexity index is 2080. The molecule has 0 radical (unpaired) electrons. The van der Waals surface area contributed by atoms with Crippen molar-refractivity contribution >= 4 is 34.6 Å². The smallest absolute Gasteiger partial charge is 0.262 e. The Balaban J connectivity index is 1.07. The van der Waals surface area contributed by atoms with Gasteiger partial charge in [-0.15, -0.1) is 11.6 Å². The number of benzene rings is 2. The van der Waals surface area contributed by atoms with Crippen LogP contribution in [0.15, 0.2) is 90.0 Å². The molecule has 2 saturated heterocycles. The lowest BCUT2D eigenvalue weighted by Gasteiger charge is -2.38. The van der Waals surface area contributed by atoms with E-state index in [1.807, 2.05) is 30.4 Å². The molecule has 10 nitrogen and oxygen atoms in total. The van der Waals surface area contributed by atoms with Gasteiger partial charge in [-0.2, -0.15) is 0 Å². The number of fused-ring (bicyclic) bond motifs is 1. The molecule has 1 aliphatic carbocycles. The number of allylic oxidation sites excluding steroid dienone is 2. The Hall–Kier alpha value is -4.61. The molecule has 4 heterocycles. The van der Waals surface area contributed by atoms with Crippen LogP contribution in [0.3, 0.4) is 0 Å². The topological polar surface area (TPSA) is 126 Å². The predicted octanol–water partition coefficient (Wildman–Crippen LogP) is 4.51. The van der Waals surface area contributed by atoms with Gasteiger partial charge in [-0.1, -0.05) is 54.6 Å². The van der Waals surface area contributed by atoms with E-state index in [9.17, 15) is 14.4 Å². The van der Waals surface area contributed by atoms with Gasteiger partial charge in [-0.25, -0.2) is 4.98 Å². The second-order valence-corrected chi connectivity index (χ2v) is 14.1. The fourth-order valence-electron chi connectivity index (χ4n) is 7.43. The molecule has 264 valence electrons. The lowest BCUT2D eigenvalue weighted by molar-refractivity contribution is -0.120. The van der Waals surface area contributed by atoms with Crippen LogP contribution < -0.4 is 26.8 Å². The van der Waals surface area contributed by atoms with E-state index in [1.165, 1.54) is 0 Å². The number of halogens is 1. The fourth-order valence-corrected chi connectivity index (χ4v) is 7.91. The minimum absolute atomic E-state index is 0.0728. The number of ether oxygens (including phenoxy) is 1. The zero-order chi connectivity index (χ0) is 35.5. The van der Waals surface area contributed by atoms with E-state index in [4.69, 9.17) is 16.3 Å². The van der Waals surface area contributed by atoms with Gasteiger partial charge in [0.05, 0.1) is 5.38 Å². The minimum Gasteiger partial charge on any atom is -0.367 e. The molecule has 2 fully saturated rings. The summed E-state index contributed by atoms with van der Waals surface area (Å²) in [5.41, 5.74) is 7.21. The number of carbonyl (C=O) groups excluding carboxylic acids is 2. The van der Waals surface area contributed by atoms with Gasteiger partial charge in [0.15, 0.2) is 0 Å². The van der Waals surface area contributed by atoms with Crippen LogP contribution in [0.2, 0.25) is 0 Å². The third kappa shape index (κ3) is 7.14. The zero-order valence-corrected chi connectivity index (χ0v) is 29.6. The van der Waals surface area contributed by atoms with Crippen LogP contribution in [0.5, 0.6) is 0 Å². The first-order valence-electron chi connectivity index (χ1n) is 17.5. The molecule has 4 atom stereocenters. The number of rotatable bonds is 12. The minimum atomic E-state index is -0.875. The SMILES string of the molecule is COC1(c2ccc(CNC[C@H]3CCC(=O)N3)cc2)C=CC=C(c2cccc(-c3ccn4c(=O)c(CNC[C@H]5CCC(=O)N5)cnc4c3)c2C)C1Cl. The molecule has 2 aliphatic heterocycles. The summed E-state index contributed by atoms with van der Waals surface area (Å²) in [7, 11) is 1.69. The molecule has 2 unspecified atom stereocenters. The largest absolute Gasteiger partial charge is 0.367 e. The third-order valence-electron chi connectivity index (χ3n) is 10.3. The Morgan fingerprint density at radius 3 is 2.29 bits per heavy atom. The lowest BCUT2D eigenvalue weighted by Crippen LogP contribution is -2.38. The van der Waals surface area contributed by atoms with Gasteiger partial charge in [0.2, 0.25) is 11.8 Å². The van der Waals surface area contributed by atoms with Crippen LogP contribution in [0.25, 0.3) is 22.3 Å². The van der Waals surface area contributed by atoms with Crippen LogP contribution in [0, 0.1) is 6.92 Å². The summed E-state index contributed by atoms with van der Waals surface area (Å²) in [5, 5.41) is 12.2. The van der Waals surface area contributed by atoms with Crippen molar-refractivity contribution in [3.05, 3.63) is 123 Å². The fraction of sp³-hybridized carbons (Fsp3) is 0.350. The van der Waals surface area contributed by atoms with Gasteiger partial charge in [0.1, 0.15) is 11.2 Å². The van der Waals surface area contributed by atoms with Crippen molar-refractivity contribution in [2.24, 2.45) is 0 Å². The number of methoxy groups -OCH3 is 1. The molecule has 11 heteroatoms. The molecular formula is C40H43ClN6O4. The normalized spacial score (nSPS) is 23.0. The molecule has 2 aromatic carbocycles. The summed E-state index contributed by atoms with van der Waals surface area (Å²) >= 11 is 7.38. The molecule has 4 N–H and O–H groups in total. The Labute approximate surface area is 302 Å². The van der Waals surface area contributed by atoms with Crippen LogP contribution in [-0.2, 0) is 33.0 Å². The number of amides is 2. The summed E-state index contributed by atoms with van der Waals surface area (Å²) in [6, 6.07) is 18.7. The van der Waals surface area contributed by atoms with Crippen molar-refractivity contribution in [1.82, 2.24) is 30.7 Å². The first kappa shape index (κ1) is 34.8. The molecule has 3 aliphatic rings. The van der Waals surface area contributed by atoms with Gasteiger partial charge < -0.3 is 26.0 Å². The van der Waals surface area contributed by atoms with Gasteiger partial charge >= 0.3 is 0 Å². The van der Waals surface area contributed by atoms with E-state index >= 15 is 0 Å². The van der Waals surface area contributed by atoms with Gasteiger partial charge in [-0.05, 0) is 76.9 Å². The zero-order valence-electron chi connectivity index (χ0n) is 28.9. The highest BCUT2D eigenvalue weighted by atomic mass is 35.5. The average Bonchev–Trinajstić information content (AvgIpc) is 3.76. The number of aromatic nitrogens is 2. The highest BCUT2D eigenvalue weighted by molar-refractivity contribution is 6.28. The van der Waals surface area contributed by atoms with E-state index in [0.717, 1.165) is 58.3 Å². The maximum atomic E-state index is 13.3. The molecule has 0 spiro atoms. The average molecular weight is 707 g/mol. The number of alkyl halides is 1. The lowest BCUT2D eigenvalue weighted by atomic mass is 9.79. The maximum absolute atomic E-state index is 13.3. The second kappa shape index (κ2) is 14.9. The van der Waals surface area contributed by atoms with Crippen LogP contribution in [0.4, 0.5) is 0 Å². The summed E-state index contributed by atoms with van der Waals surface area (Å²) in [4.78, 5) is 40.9. The van der Waals surface area contributed by atoms with Crippen LogP contribution >= 0.6 is 11.6 Å². The van der Waals surface area contributed by atoms with Crippen molar-refractivity contribution in [3.8, 4) is 11.1 Å². The molecule has 2 aromatic heterocycles. The third-order valence-corrected chi connectivity index (χ3v) is 10.9. The van der Waals surface area contributed by atoms with Gasteiger partial charge in [0, 0.05) is 76.2 Å². The molecule has 4 aromatic rings. The number of nitrogens with one attached hydrogen (secondary N) is 4. The molecule has 0 bridgehead atoms. The van der Waals surface area contributed by atoms with Gasteiger partial charge in [-0.3, -0.25) is 18.8 Å². The number of nitrogens with zero attached hydrogens (tertiary/aromatic N) is 2. The van der Waals surface area contributed by atoms with Crippen molar-refractivity contribution in [1.29, 1.82) is 0 Å². The van der Waals surface area contributed by atoms with E-state index in [1.54, 1.807) is 23.9 Å². The van der Waals surface area contributed by atoms with E-state index in [2.05, 4.69) is 75.6 Å². The van der Waals surface area contributed by atoms with Crippen molar-refractivity contribution in [2.75, 3.05) is 20.2 Å². The van der Waals surface area contributed by atoms with Crippen LogP contribution in [-0.4, -0.2) is 58.9 Å². The molecular weight excluding hydrogens is 664 g/mol. The number of hydrogen-bond acceptors (Lipinski definition) is 7. The summed E-state index contributed by atoms with van der Waals surface area (Å²) in [6.45, 7) is 4.51. The summed E-state index contributed by atoms with van der Waals surface area (Å²) in [5.74, 6) is 0.197. The van der Waals surface area contributed by atoms with E-state index < -0.39 is 11.0 Å². The first-order chi connectivity index (χ1) is 24.8. The predicted molar refractivity (Wildman–Crippen MR) is 199 cm³/mol. The molecule has 51 heavy (non-hydrogen) atoms. The number of hydrogen-bond donors (Lipinski definition) is 4. The highest BCUT2D eigenvalue weighted by Gasteiger charge is 2.42. The monoisotopic (exact) mass is 706 g/mol. The standard InChI is InChI=1S/C40H43ClN6O4/c1-25-32(27-16-18-47-35(19-27)44-22-28(39(47)50)21-43-24-31-13-15-37(49)46-31)5-3-6-33(25)34-7-4-17-40(51-2,38(34)41)29-10-8-26(9-11-29)20-42-23-30-12-14-36(48)45-30/h3-11,16-19,22,30-31,38,42-43H,12-15,20-21,23-24H2,1-2H3,(H,45,48)(H,46,49)/t30-,31-,38?,40?/m1/s1. The van der Waals surface area contributed by atoms with Crippen molar-refractivity contribution in [3.63, 3.8) is 0 Å². The Morgan fingerprint density at radius 1 is 0.941 bits per heavy atom. The van der Waals surface area contributed by atoms with Gasteiger partial charge in [0.25, 0.3) is 5.56 Å². The quantitative estimate of drug-likeness (QED) is 0.160. The van der Waals surface area contributed by atoms with E-state index in [-0.39, 0.29) is 29.5 Å². The Morgan fingerprint density at radius 2 is 1.63 bits per heavy atom. The molecule has 7 rings (SSSR count). The summed E-state index contributed by atoms with van der Waals surface area (Å²) < 4.78 is 7.80. The molecule has 2 amide bonds. The maximum Gasteiger partial charge on any atom is 0.262 e. The second-order valence-electron chi connectivity index (χ2n) is 13.6. The van der Waals surface area contributed by atoms with Crippen LogP contribution in [0.1, 0.15) is 53.5 Å². The highest BCUT2D eigenvalue weighted by Crippen LogP contribution is 2.45. The number of carbonyl (C=O) groups is 2. The number of pyridine rings is 1. The van der Waals surface area contributed by atoms with E-state index in [0.29, 0.717) is 43.7 Å².